The van der Waals surface area contributed by atoms with Crippen LogP contribution in [-0.2, 0) is 24.4 Å². The van der Waals surface area contributed by atoms with Crippen LogP contribution in [0.15, 0.2) is 30.3 Å². The number of fused-ring (bicyclic) bond motifs is 1. The van der Waals surface area contributed by atoms with Gasteiger partial charge in [0.1, 0.15) is 5.82 Å². The second-order valence-electron chi connectivity index (χ2n) is 5.80. The first-order valence-electron chi connectivity index (χ1n) is 7.26. The molecule has 3 rings (SSSR count). The van der Waals surface area contributed by atoms with E-state index in [1.807, 2.05) is 19.9 Å². The minimum absolute atomic E-state index is 0.0166. The summed E-state index contributed by atoms with van der Waals surface area (Å²) in [5, 5.41) is 10.2. The molecule has 2 heterocycles. The molecule has 1 aliphatic heterocycles. The van der Waals surface area contributed by atoms with Crippen LogP contribution >= 0.6 is 0 Å². The van der Waals surface area contributed by atoms with Gasteiger partial charge in [0.15, 0.2) is 0 Å². The molecular weight excluding hydrogens is 264 g/mol. The number of hydrogen-bond donors (Lipinski definition) is 2. The third kappa shape index (κ3) is 2.97. The zero-order valence-electron chi connectivity index (χ0n) is 12.4. The summed E-state index contributed by atoms with van der Waals surface area (Å²) in [4.78, 5) is 14.1. The van der Waals surface area contributed by atoms with Gasteiger partial charge in [-0.2, -0.15) is 5.10 Å². The summed E-state index contributed by atoms with van der Waals surface area (Å²) >= 11 is 0. The molecule has 0 fully saturated rings. The fourth-order valence-corrected chi connectivity index (χ4v) is 2.52. The van der Waals surface area contributed by atoms with Crippen molar-refractivity contribution in [3.05, 3.63) is 47.2 Å². The van der Waals surface area contributed by atoms with Gasteiger partial charge in [0, 0.05) is 31.1 Å². The maximum absolute atomic E-state index is 11.8. The summed E-state index contributed by atoms with van der Waals surface area (Å²) in [6.45, 7) is 6.29. The Morgan fingerprint density at radius 2 is 2.10 bits per heavy atom. The van der Waals surface area contributed by atoms with E-state index in [1.54, 1.807) is 0 Å². The summed E-state index contributed by atoms with van der Waals surface area (Å²) < 4.78 is 0. The fourth-order valence-electron chi connectivity index (χ4n) is 2.52. The van der Waals surface area contributed by atoms with Crippen molar-refractivity contribution in [1.82, 2.24) is 15.1 Å². The first-order chi connectivity index (χ1) is 10.1. The number of nitrogens with one attached hydrogen (secondary N) is 2. The van der Waals surface area contributed by atoms with Crippen LogP contribution in [0.25, 0.3) is 0 Å². The van der Waals surface area contributed by atoms with Crippen molar-refractivity contribution in [2.75, 3.05) is 5.32 Å². The fraction of sp³-hybridized carbons (Fsp3) is 0.375. The molecule has 0 saturated heterocycles. The predicted molar refractivity (Wildman–Crippen MR) is 81.4 cm³/mol. The highest BCUT2D eigenvalue weighted by atomic mass is 16.1. The summed E-state index contributed by atoms with van der Waals surface area (Å²) in [6, 6.07) is 10.4. The van der Waals surface area contributed by atoms with Crippen molar-refractivity contribution >= 4 is 11.7 Å². The number of anilines is 1. The number of nitrogens with zero attached hydrogens (tertiary/aromatic N) is 2. The van der Waals surface area contributed by atoms with Gasteiger partial charge < -0.3 is 5.32 Å². The summed E-state index contributed by atoms with van der Waals surface area (Å²) in [6.07, 6.45) is 0. The Labute approximate surface area is 124 Å². The van der Waals surface area contributed by atoms with Gasteiger partial charge in [-0.1, -0.05) is 44.2 Å². The maximum Gasteiger partial charge on any atom is 0.228 e. The predicted octanol–water partition coefficient (Wildman–Crippen LogP) is 2.52. The lowest BCUT2D eigenvalue weighted by Gasteiger charge is -2.15. The normalized spacial score (nSPS) is 14.4. The van der Waals surface area contributed by atoms with Crippen LogP contribution < -0.4 is 5.32 Å². The molecule has 1 aromatic carbocycles. The Bertz CT molecular complexity index is 633. The quantitative estimate of drug-likeness (QED) is 0.907. The first kappa shape index (κ1) is 13.8. The molecule has 0 aliphatic carbocycles. The zero-order chi connectivity index (χ0) is 14.8. The van der Waals surface area contributed by atoms with Gasteiger partial charge in [-0.3, -0.25) is 14.8 Å². The largest absolute Gasteiger partial charge is 0.311 e. The van der Waals surface area contributed by atoms with Crippen LogP contribution in [0.2, 0.25) is 0 Å². The van der Waals surface area contributed by atoms with E-state index in [1.165, 1.54) is 5.56 Å². The van der Waals surface area contributed by atoms with Gasteiger partial charge in [0.25, 0.3) is 0 Å². The Hall–Kier alpha value is -2.14. The van der Waals surface area contributed by atoms with E-state index in [-0.39, 0.29) is 11.8 Å². The van der Waals surface area contributed by atoms with Crippen LogP contribution in [0.1, 0.15) is 30.7 Å². The van der Waals surface area contributed by atoms with Crippen molar-refractivity contribution in [2.45, 2.75) is 33.5 Å². The standard InChI is InChI=1S/C16H20N4O/c1-11(2)16(21)17-15-13-9-20(10-14(13)18-19-15)8-12-6-4-3-5-7-12/h3-7,11H,8-10H2,1-2H3,(H2,17,18,19,21). The second-order valence-corrected chi connectivity index (χ2v) is 5.80. The molecule has 0 saturated carbocycles. The number of hydrogen-bond acceptors (Lipinski definition) is 3. The molecule has 0 spiro atoms. The van der Waals surface area contributed by atoms with Crippen LogP contribution in [0.5, 0.6) is 0 Å². The lowest BCUT2D eigenvalue weighted by atomic mass is 10.2. The number of carbonyl (C=O) groups is 1. The monoisotopic (exact) mass is 284 g/mol. The summed E-state index contributed by atoms with van der Waals surface area (Å²) in [5.41, 5.74) is 3.43. The number of carbonyl (C=O) groups excluding carboxylic acids is 1. The highest BCUT2D eigenvalue weighted by Gasteiger charge is 2.26. The van der Waals surface area contributed by atoms with Crippen molar-refractivity contribution < 1.29 is 4.79 Å². The summed E-state index contributed by atoms with van der Waals surface area (Å²) in [7, 11) is 0. The molecule has 0 radical (unpaired) electrons. The average Bonchev–Trinajstić information content (AvgIpc) is 3.01. The molecule has 1 aliphatic rings. The number of amides is 1. The minimum Gasteiger partial charge on any atom is -0.311 e. The topological polar surface area (TPSA) is 61.0 Å². The van der Waals surface area contributed by atoms with Gasteiger partial charge in [0.05, 0.1) is 5.69 Å². The van der Waals surface area contributed by atoms with Crippen molar-refractivity contribution in [2.24, 2.45) is 5.92 Å². The molecule has 5 nitrogen and oxygen atoms in total. The highest BCUT2D eigenvalue weighted by Crippen LogP contribution is 2.28. The van der Waals surface area contributed by atoms with Crippen LogP contribution in [0.3, 0.4) is 0 Å². The van der Waals surface area contributed by atoms with E-state index >= 15 is 0 Å². The van der Waals surface area contributed by atoms with Crippen LogP contribution in [0, 0.1) is 5.92 Å². The van der Waals surface area contributed by atoms with E-state index in [2.05, 4.69) is 44.7 Å². The van der Waals surface area contributed by atoms with Crippen molar-refractivity contribution in [3.8, 4) is 0 Å². The lowest BCUT2D eigenvalue weighted by molar-refractivity contribution is -0.118. The number of aromatic amines is 1. The van der Waals surface area contributed by atoms with Crippen LogP contribution in [-0.4, -0.2) is 21.0 Å². The highest BCUT2D eigenvalue weighted by molar-refractivity contribution is 5.91. The Balaban J connectivity index is 1.68. The third-order valence-corrected chi connectivity index (χ3v) is 3.73. The smallest absolute Gasteiger partial charge is 0.228 e. The van der Waals surface area contributed by atoms with E-state index in [9.17, 15) is 4.79 Å². The minimum atomic E-state index is -0.0363. The molecule has 110 valence electrons. The zero-order valence-corrected chi connectivity index (χ0v) is 12.4. The number of aromatic nitrogens is 2. The third-order valence-electron chi connectivity index (χ3n) is 3.73. The Morgan fingerprint density at radius 1 is 1.33 bits per heavy atom. The van der Waals surface area contributed by atoms with Gasteiger partial charge in [-0.15, -0.1) is 0 Å². The molecule has 1 aromatic heterocycles. The molecule has 1 amide bonds. The number of benzene rings is 1. The van der Waals surface area contributed by atoms with Gasteiger partial charge >= 0.3 is 0 Å². The molecular formula is C16H20N4O. The van der Waals surface area contributed by atoms with Crippen LogP contribution in [0.4, 0.5) is 5.82 Å². The second kappa shape index (κ2) is 5.69. The Morgan fingerprint density at radius 3 is 2.81 bits per heavy atom. The van der Waals surface area contributed by atoms with E-state index in [0.717, 1.165) is 36.7 Å². The van der Waals surface area contributed by atoms with E-state index in [0.29, 0.717) is 0 Å². The van der Waals surface area contributed by atoms with Crippen molar-refractivity contribution in [1.29, 1.82) is 0 Å². The molecule has 2 N–H and O–H groups in total. The lowest BCUT2D eigenvalue weighted by Crippen LogP contribution is -2.20. The van der Waals surface area contributed by atoms with Gasteiger partial charge in [-0.05, 0) is 5.56 Å². The average molecular weight is 284 g/mol. The molecule has 21 heavy (non-hydrogen) atoms. The number of rotatable bonds is 4. The summed E-state index contributed by atoms with van der Waals surface area (Å²) in [5.74, 6) is 0.730. The van der Waals surface area contributed by atoms with Crippen molar-refractivity contribution in [3.63, 3.8) is 0 Å². The SMILES string of the molecule is CC(C)C(=O)Nc1[nH]nc2c1CN(Cc1ccccc1)C2. The molecule has 0 bridgehead atoms. The Kier molecular flexibility index (Phi) is 3.75. The molecule has 2 aromatic rings. The first-order valence-corrected chi connectivity index (χ1v) is 7.26. The maximum atomic E-state index is 11.8. The van der Waals surface area contributed by atoms with E-state index in [4.69, 9.17) is 0 Å². The number of H-pyrrole nitrogens is 1. The van der Waals surface area contributed by atoms with Gasteiger partial charge in [0.2, 0.25) is 5.91 Å². The van der Waals surface area contributed by atoms with Gasteiger partial charge in [-0.25, -0.2) is 0 Å². The molecule has 0 atom stereocenters. The molecule has 0 unspecified atom stereocenters. The van der Waals surface area contributed by atoms with E-state index < -0.39 is 0 Å². The molecule has 5 heteroatoms.